The maximum absolute atomic E-state index is 12.2. The van der Waals surface area contributed by atoms with Gasteiger partial charge in [0, 0.05) is 12.6 Å². The first-order chi connectivity index (χ1) is 9.85. The van der Waals surface area contributed by atoms with Gasteiger partial charge in [0.15, 0.2) is 0 Å². The van der Waals surface area contributed by atoms with Crippen LogP contribution in [-0.4, -0.2) is 41.8 Å². The van der Waals surface area contributed by atoms with Gasteiger partial charge >= 0.3 is 6.09 Å². The highest BCUT2D eigenvalue weighted by atomic mass is 16.6. The Labute approximate surface area is 126 Å². The van der Waals surface area contributed by atoms with Crippen LogP contribution in [0.4, 0.5) is 4.79 Å². The Hall–Kier alpha value is -1.75. The summed E-state index contributed by atoms with van der Waals surface area (Å²) in [5.41, 5.74) is 5.48. The summed E-state index contributed by atoms with van der Waals surface area (Å²) in [6.45, 7) is 6.51. The number of amides is 1. The first kappa shape index (κ1) is 15.6. The van der Waals surface area contributed by atoms with Gasteiger partial charge in [-0.15, -0.1) is 0 Å². The molecule has 2 N–H and O–H groups in total. The first-order valence-electron chi connectivity index (χ1n) is 7.28. The van der Waals surface area contributed by atoms with Crippen molar-refractivity contribution in [1.29, 1.82) is 0 Å². The van der Waals surface area contributed by atoms with Gasteiger partial charge in [0.05, 0.1) is 6.04 Å². The van der Waals surface area contributed by atoms with Crippen molar-refractivity contribution in [3.8, 4) is 5.75 Å². The second kappa shape index (κ2) is 6.35. The highest BCUT2D eigenvalue weighted by molar-refractivity contribution is 5.69. The monoisotopic (exact) mass is 292 g/mol. The third kappa shape index (κ3) is 4.63. The van der Waals surface area contributed by atoms with Gasteiger partial charge in [-0.1, -0.05) is 18.2 Å². The number of ether oxygens (including phenoxy) is 2. The Morgan fingerprint density at radius 3 is 2.62 bits per heavy atom. The van der Waals surface area contributed by atoms with E-state index in [1.165, 1.54) is 0 Å². The fraction of sp³-hybridized carbons (Fsp3) is 0.562. The lowest BCUT2D eigenvalue weighted by Gasteiger charge is -2.28. The van der Waals surface area contributed by atoms with E-state index in [1.807, 2.05) is 51.1 Å². The number of carbonyl (C=O) groups is 1. The van der Waals surface area contributed by atoms with Crippen molar-refractivity contribution < 1.29 is 14.3 Å². The predicted octanol–water partition coefficient (Wildman–Crippen LogP) is 2.40. The van der Waals surface area contributed by atoms with Crippen LogP contribution in [-0.2, 0) is 4.74 Å². The topological polar surface area (TPSA) is 64.8 Å². The average Bonchev–Trinajstić information content (AvgIpc) is 2.77. The molecule has 2 atom stereocenters. The summed E-state index contributed by atoms with van der Waals surface area (Å²) in [5, 5.41) is 0. The fourth-order valence-electron chi connectivity index (χ4n) is 2.36. The van der Waals surface area contributed by atoms with Crippen LogP contribution < -0.4 is 10.5 Å². The standard InChI is InChI=1S/C16H24N2O3/c1-16(2,3)21-15(19)18-10-12(17)9-13(18)11-20-14-7-5-4-6-8-14/h4-8,12-13H,9-11,17H2,1-3H3/t12?,13-/m1/s1. The molecule has 2 rings (SSSR count). The molecule has 1 aliphatic heterocycles. The maximum atomic E-state index is 12.2. The molecule has 1 heterocycles. The summed E-state index contributed by atoms with van der Waals surface area (Å²) in [6.07, 6.45) is 0.406. The second-order valence-electron chi connectivity index (χ2n) is 6.41. The van der Waals surface area contributed by atoms with Crippen LogP contribution in [0.3, 0.4) is 0 Å². The molecule has 1 aromatic carbocycles. The molecule has 0 bridgehead atoms. The summed E-state index contributed by atoms with van der Waals surface area (Å²) in [7, 11) is 0. The van der Waals surface area contributed by atoms with Gasteiger partial charge in [0.2, 0.25) is 0 Å². The van der Waals surface area contributed by atoms with Crippen LogP contribution in [0.1, 0.15) is 27.2 Å². The minimum absolute atomic E-state index is 0.0260. The molecule has 1 saturated heterocycles. The van der Waals surface area contributed by atoms with Crippen molar-refractivity contribution in [2.75, 3.05) is 13.2 Å². The smallest absolute Gasteiger partial charge is 0.410 e. The number of para-hydroxylation sites is 1. The number of benzene rings is 1. The Bertz CT molecular complexity index is 470. The minimum atomic E-state index is -0.505. The third-order valence-electron chi connectivity index (χ3n) is 3.26. The lowest BCUT2D eigenvalue weighted by molar-refractivity contribution is 0.0186. The number of nitrogens with two attached hydrogens (primary N) is 1. The molecule has 1 aromatic rings. The first-order valence-corrected chi connectivity index (χ1v) is 7.28. The molecule has 0 radical (unpaired) electrons. The summed E-state index contributed by atoms with van der Waals surface area (Å²) in [4.78, 5) is 13.9. The van der Waals surface area contributed by atoms with E-state index in [4.69, 9.17) is 15.2 Å². The van der Waals surface area contributed by atoms with Crippen LogP contribution in [0.15, 0.2) is 30.3 Å². The summed E-state index contributed by atoms with van der Waals surface area (Å²) < 4.78 is 11.2. The molecule has 5 nitrogen and oxygen atoms in total. The minimum Gasteiger partial charge on any atom is -0.491 e. The zero-order chi connectivity index (χ0) is 15.5. The van der Waals surface area contributed by atoms with Crippen molar-refractivity contribution in [3.63, 3.8) is 0 Å². The van der Waals surface area contributed by atoms with Gasteiger partial charge < -0.3 is 20.1 Å². The van der Waals surface area contributed by atoms with E-state index in [2.05, 4.69) is 0 Å². The van der Waals surface area contributed by atoms with Crippen molar-refractivity contribution in [3.05, 3.63) is 30.3 Å². The summed E-state index contributed by atoms with van der Waals surface area (Å²) in [6, 6.07) is 9.49. The average molecular weight is 292 g/mol. The molecule has 116 valence electrons. The Morgan fingerprint density at radius 2 is 2.00 bits per heavy atom. The SMILES string of the molecule is CC(C)(C)OC(=O)N1CC(N)C[C@@H]1COc1ccccc1. The van der Waals surface area contributed by atoms with Gasteiger partial charge in [-0.25, -0.2) is 4.79 Å². The fourth-order valence-corrected chi connectivity index (χ4v) is 2.36. The van der Waals surface area contributed by atoms with Crippen LogP contribution in [0.5, 0.6) is 5.75 Å². The van der Waals surface area contributed by atoms with Crippen LogP contribution in [0, 0.1) is 0 Å². The molecule has 1 fully saturated rings. The largest absolute Gasteiger partial charge is 0.491 e. The van der Waals surface area contributed by atoms with E-state index in [9.17, 15) is 4.79 Å². The van der Waals surface area contributed by atoms with Gasteiger partial charge in [0.1, 0.15) is 18.0 Å². The second-order valence-corrected chi connectivity index (χ2v) is 6.41. The number of hydrogen-bond acceptors (Lipinski definition) is 4. The molecular weight excluding hydrogens is 268 g/mol. The molecular formula is C16H24N2O3. The zero-order valence-electron chi connectivity index (χ0n) is 12.9. The number of nitrogens with zero attached hydrogens (tertiary/aromatic N) is 1. The van der Waals surface area contributed by atoms with Crippen molar-refractivity contribution in [2.45, 2.75) is 44.9 Å². The Balaban J connectivity index is 1.95. The van der Waals surface area contributed by atoms with Crippen LogP contribution in [0.25, 0.3) is 0 Å². The third-order valence-corrected chi connectivity index (χ3v) is 3.26. The Morgan fingerprint density at radius 1 is 1.33 bits per heavy atom. The van der Waals surface area contributed by atoms with Crippen molar-refractivity contribution >= 4 is 6.09 Å². The molecule has 1 amide bonds. The summed E-state index contributed by atoms with van der Waals surface area (Å²) >= 11 is 0. The number of carbonyl (C=O) groups excluding carboxylic acids is 1. The quantitative estimate of drug-likeness (QED) is 0.929. The molecule has 5 heteroatoms. The van der Waals surface area contributed by atoms with E-state index < -0.39 is 5.60 Å². The number of rotatable bonds is 3. The number of hydrogen-bond donors (Lipinski definition) is 1. The van der Waals surface area contributed by atoms with Gasteiger partial charge in [0.25, 0.3) is 0 Å². The molecule has 1 aliphatic rings. The normalized spacial score (nSPS) is 22.2. The van der Waals surface area contributed by atoms with Gasteiger partial charge in [-0.3, -0.25) is 0 Å². The van der Waals surface area contributed by atoms with E-state index in [-0.39, 0.29) is 18.2 Å². The molecule has 21 heavy (non-hydrogen) atoms. The lowest BCUT2D eigenvalue weighted by Crippen LogP contribution is -2.42. The highest BCUT2D eigenvalue weighted by Crippen LogP contribution is 2.21. The molecule has 0 saturated carbocycles. The van der Waals surface area contributed by atoms with Gasteiger partial charge in [-0.05, 0) is 39.3 Å². The van der Waals surface area contributed by atoms with E-state index in [1.54, 1.807) is 4.90 Å². The van der Waals surface area contributed by atoms with E-state index in [0.29, 0.717) is 13.2 Å². The summed E-state index contributed by atoms with van der Waals surface area (Å²) in [5.74, 6) is 0.794. The van der Waals surface area contributed by atoms with E-state index in [0.717, 1.165) is 12.2 Å². The molecule has 0 aliphatic carbocycles. The zero-order valence-corrected chi connectivity index (χ0v) is 12.9. The van der Waals surface area contributed by atoms with Gasteiger partial charge in [-0.2, -0.15) is 0 Å². The molecule has 1 unspecified atom stereocenters. The molecule has 0 spiro atoms. The van der Waals surface area contributed by atoms with Crippen molar-refractivity contribution in [1.82, 2.24) is 4.90 Å². The maximum Gasteiger partial charge on any atom is 0.410 e. The predicted molar refractivity (Wildman–Crippen MR) is 81.3 cm³/mol. The molecule has 0 aromatic heterocycles. The lowest BCUT2D eigenvalue weighted by atomic mass is 10.2. The number of likely N-dealkylation sites (tertiary alicyclic amines) is 1. The van der Waals surface area contributed by atoms with Crippen molar-refractivity contribution in [2.24, 2.45) is 5.73 Å². The van der Waals surface area contributed by atoms with Crippen LogP contribution >= 0.6 is 0 Å². The Kier molecular flexibility index (Phi) is 4.73. The van der Waals surface area contributed by atoms with Crippen LogP contribution in [0.2, 0.25) is 0 Å². The highest BCUT2D eigenvalue weighted by Gasteiger charge is 2.36. The van der Waals surface area contributed by atoms with E-state index >= 15 is 0 Å².